The number of alkyl halides is 3. The molecule has 6 aromatic rings. The number of para-hydroxylation sites is 3. The summed E-state index contributed by atoms with van der Waals surface area (Å²) in [6.07, 6.45) is -20.2. The topological polar surface area (TPSA) is 542 Å². The molecule has 0 bridgehead atoms. The maximum atomic E-state index is 14.1. The number of nitrogens with two attached hydrogens (primary N) is 3. The van der Waals surface area contributed by atoms with Gasteiger partial charge in [-0.15, -0.1) is 0 Å². The molecule has 45 heteroatoms. The Kier molecular flexibility index (Phi) is 30.6. The van der Waals surface area contributed by atoms with Crippen LogP contribution in [0.25, 0.3) is 0 Å². The van der Waals surface area contributed by atoms with Crippen molar-refractivity contribution in [1.29, 1.82) is 0 Å². The van der Waals surface area contributed by atoms with Crippen LogP contribution < -0.4 is 64.6 Å². The minimum atomic E-state index is -4.65. The van der Waals surface area contributed by atoms with Crippen LogP contribution in [-0.4, -0.2) is 202 Å². The highest BCUT2D eigenvalue weighted by Gasteiger charge is 2.58. The number of aromatic nitrogens is 8. The van der Waals surface area contributed by atoms with Crippen LogP contribution in [0.3, 0.4) is 0 Å². The van der Waals surface area contributed by atoms with E-state index in [-0.39, 0.29) is 17.2 Å². The van der Waals surface area contributed by atoms with Crippen molar-refractivity contribution in [2.45, 2.75) is 153 Å². The van der Waals surface area contributed by atoms with Gasteiger partial charge in [0.25, 0.3) is 11.1 Å². The van der Waals surface area contributed by atoms with Gasteiger partial charge < -0.3 is 74.5 Å². The number of ether oxygens (including phenoxy) is 6. The van der Waals surface area contributed by atoms with Gasteiger partial charge in [0.05, 0.1) is 88.6 Å². The third-order valence-electron chi connectivity index (χ3n) is 16.3. The first-order valence-electron chi connectivity index (χ1n) is 38.4. The van der Waals surface area contributed by atoms with Gasteiger partial charge in [-0.2, -0.15) is 19.2 Å². The number of hydrogen-bond donors (Lipinski definition) is 9. The van der Waals surface area contributed by atoms with E-state index in [1.54, 1.807) is 89.0 Å². The summed E-state index contributed by atoms with van der Waals surface area (Å²) >= 11 is 0. The second kappa shape index (κ2) is 42.1. The largest absolute Gasteiger partial charge is 0.463 e. The molecule has 18 atom stereocenters. The van der Waals surface area contributed by atoms with Gasteiger partial charge in [-0.05, 0) is 77.9 Å². The summed E-state index contributed by atoms with van der Waals surface area (Å²) in [7, 11) is -13.9. The van der Waals surface area contributed by atoms with E-state index in [1.165, 1.54) is 69.3 Å². The highest BCUT2D eigenvalue weighted by atomic mass is 31.2. The standard InChI is InChI=1S/C25H30F2N3O9P.2C24H30FN4O9P/c1-15(2)37-22(33)16(3)14-40(35,39-17-8-5-4-6-9-17)36-13-19-20(31)25(28,10-7-11-26)23(38-19)30-12-18(27)21(32)29-24(30)34;1-15(2)36-21(32)16(3)14-39(34,38-17-8-5-4-6-9-17)35-13-18-20(31)24(26,10-7-11-25)22(37-18)29-23(33)28-19(30)12-27-29;1-15(2)36-20(31)16(3)13-39(34,38-17-8-5-4-6-9-17)35-12-18-19(30)24(26,10-7-11-25)21(37-18)29-14-27-22(32)28-23(29)33/h4-6,8-9,12,15-16,19-20,23,31H,11,13-14,28H2,1-3H3,(H,29,32,34);4-6,8-9,12,15-16,18,20,22,31H,11,13-14,26H2,1-3H3,(H,28,30,33);4-6,8-9,14-16,18-19,21,30H,11-13,26H2,1-3H3,(H,28,32,33)/t16-,19-,20+,23-,25?,40+;16-,18-,20+,22-,24?,39+;16-,18-,19+,21-,24?,39+/m111/s1/i2*13D2;12D2. The number of H-pyrrole nitrogens is 3. The van der Waals surface area contributed by atoms with Crippen molar-refractivity contribution in [1.82, 2.24) is 38.9 Å². The number of aliphatic hydroxyl groups excluding tert-OH is 3. The maximum Gasteiger partial charge on any atom is 0.380 e. The third kappa shape index (κ3) is 25.3. The number of nitrogens with zero attached hydrogens (tertiary/aromatic N) is 5. The van der Waals surface area contributed by atoms with Gasteiger partial charge in [0.2, 0.25) is 5.82 Å². The van der Waals surface area contributed by atoms with Crippen molar-refractivity contribution < 1.29 is 125 Å². The van der Waals surface area contributed by atoms with Crippen molar-refractivity contribution in [3.63, 3.8) is 0 Å². The first-order valence-corrected chi connectivity index (χ1v) is 40.6. The molecule has 3 aromatic carbocycles. The van der Waals surface area contributed by atoms with Gasteiger partial charge in [-0.3, -0.25) is 61.6 Å². The molecule has 0 radical (unpaired) electrons. The molecule has 9 rings (SSSR count). The van der Waals surface area contributed by atoms with Crippen molar-refractivity contribution in [3.8, 4) is 52.8 Å². The Bertz CT molecular complexity index is 5270. The van der Waals surface area contributed by atoms with Gasteiger partial charge in [0, 0.05) is 0 Å². The second-order valence-corrected chi connectivity index (χ2v) is 32.8. The van der Waals surface area contributed by atoms with Gasteiger partial charge in [0.15, 0.2) is 35.3 Å². The van der Waals surface area contributed by atoms with E-state index in [0.717, 1.165) is 6.33 Å². The lowest BCUT2D eigenvalue weighted by Gasteiger charge is -2.28. The first-order chi connectivity index (χ1) is 57.8. The Morgan fingerprint density at radius 3 is 1.19 bits per heavy atom. The second-order valence-electron chi connectivity index (χ2n) is 27.0. The Hall–Kier alpha value is -10.0. The molecule has 3 fully saturated rings. The van der Waals surface area contributed by atoms with Gasteiger partial charge in [-0.1, -0.05) is 111 Å². The van der Waals surface area contributed by atoms with Gasteiger partial charge in [-0.25, -0.2) is 46.0 Å². The number of benzene rings is 3. The molecule has 3 aromatic heterocycles. The molecular weight excluding hydrogens is 1630 g/mol. The van der Waals surface area contributed by atoms with Crippen molar-refractivity contribution in [2.75, 3.05) is 58.2 Å². The Morgan fingerprint density at radius 2 is 0.856 bits per heavy atom. The van der Waals surface area contributed by atoms with Crippen LogP contribution in [0.15, 0.2) is 138 Å². The molecular formula is C73H90F4N11O27P3. The number of carbonyl (C=O) groups excluding carboxylic acids is 3. The quantitative estimate of drug-likeness (QED) is 0.0103. The number of halogens is 4. The predicted octanol–water partition coefficient (Wildman–Crippen LogP) is 2.95. The molecule has 3 saturated heterocycles. The first kappa shape index (κ1) is 85.8. The molecule has 3 unspecified atom stereocenters. The van der Waals surface area contributed by atoms with E-state index < -0.39 is 247 Å². The Morgan fingerprint density at radius 1 is 0.525 bits per heavy atom. The number of carbonyl (C=O) groups is 3. The number of esters is 3. The minimum absolute atomic E-state index is 0.0101. The molecule has 0 spiro atoms. The summed E-state index contributed by atoms with van der Waals surface area (Å²) in [5.74, 6) is 5.61. The van der Waals surface area contributed by atoms with Crippen molar-refractivity contribution >= 4 is 40.7 Å². The summed E-state index contributed by atoms with van der Waals surface area (Å²) in [5.41, 5.74) is 4.69. The zero-order chi connectivity index (χ0) is 92.6. The fourth-order valence-electron chi connectivity index (χ4n) is 10.8. The molecule has 3 aliphatic rings. The lowest BCUT2D eigenvalue weighted by Crippen LogP contribution is -2.55. The molecule has 0 saturated carbocycles. The average molecular weight is 1730 g/mol. The Labute approximate surface area is 678 Å². The van der Waals surface area contributed by atoms with E-state index in [1.807, 2.05) is 27.7 Å². The summed E-state index contributed by atoms with van der Waals surface area (Å²) < 4.78 is 213. The fraction of sp³-hybridized carbons (Fsp3) is 0.493. The maximum absolute atomic E-state index is 14.1. The number of hydrogen-bond acceptors (Lipinski definition) is 32. The number of nitrogens with one attached hydrogen (secondary N) is 3. The normalized spacial score (nSPS) is 25.9. The number of aliphatic hydroxyl groups is 3. The fourth-order valence-corrected chi connectivity index (χ4v) is 16.0. The minimum Gasteiger partial charge on any atom is -0.463 e. The van der Waals surface area contributed by atoms with Crippen LogP contribution in [0.4, 0.5) is 17.6 Å². The lowest BCUT2D eigenvalue weighted by molar-refractivity contribution is -0.152. The summed E-state index contributed by atoms with van der Waals surface area (Å²) in [5, 5.41) is 36.9. The summed E-state index contributed by atoms with van der Waals surface area (Å²) in [6.45, 7) is 0.447. The van der Waals surface area contributed by atoms with Crippen molar-refractivity contribution in [3.05, 3.63) is 178 Å². The highest BCUT2D eigenvalue weighted by molar-refractivity contribution is 7.55. The van der Waals surface area contributed by atoms with E-state index >= 15 is 0 Å². The zero-order valence-electron chi connectivity index (χ0n) is 70.3. The zero-order valence-corrected chi connectivity index (χ0v) is 66.9. The molecule has 118 heavy (non-hydrogen) atoms. The van der Waals surface area contributed by atoms with E-state index in [9.17, 15) is 89.7 Å². The molecule has 38 nitrogen and oxygen atoms in total. The lowest BCUT2D eigenvalue weighted by atomic mass is 9.91. The van der Waals surface area contributed by atoms with Crippen LogP contribution in [0, 0.1) is 59.1 Å². The number of aromatic amines is 3. The highest BCUT2D eigenvalue weighted by Crippen LogP contribution is 2.54. The predicted molar refractivity (Wildman–Crippen MR) is 409 cm³/mol. The van der Waals surface area contributed by atoms with Crippen LogP contribution in [0.2, 0.25) is 0 Å². The van der Waals surface area contributed by atoms with E-state index in [2.05, 4.69) is 27.8 Å². The number of rotatable bonds is 30. The molecule has 12 N–H and O–H groups in total. The van der Waals surface area contributed by atoms with E-state index in [0.29, 0.717) is 26.2 Å². The van der Waals surface area contributed by atoms with Gasteiger partial charge >= 0.3 is 63.5 Å². The smallest absolute Gasteiger partial charge is 0.380 e. The molecule has 0 aliphatic carbocycles. The summed E-state index contributed by atoms with van der Waals surface area (Å²) in [6, 6.07) is 22.7. The van der Waals surface area contributed by atoms with Gasteiger partial charge in [0.1, 0.15) is 86.4 Å². The molecule has 3 aliphatic heterocycles. The van der Waals surface area contributed by atoms with Crippen LogP contribution in [0.1, 0.15) is 89.2 Å². The summed E-state index contributed by atoms with van der Waals surface area (Å²) in [4.78, 5) is 118. The van der Waals surface area contributed by atoms with Crippen molar-refractivity contribution in [2.24, 2.45) is 35.0 Å². The van der Waals surface area contributed by atoms with Crippen LogP contribution in [0.5, 0.6) is 17.2 Å². The van der Waals surface area contributed by atoms with Crippen LogP contribution in [-0.2, 0) is 70.1 Å². The molecule has 642 valence electrons. The van der Waals surface area contributed by atoms with Crippen LogP contribution >= 0.6 is 22.8 Å². The molecule has 6 heterocycles. The molecule has 0 amide bonds. The Balaban J connectivity index is 0.000000256. The van der Waals surface area contributed by atoms with E-state index in [4.69, 9.17) is 81.0 Å². The monoisotopic (exact) mass is 1730 g/mol. The third-order valence-corrected chi connectivity index (χ3v) is 21.9. The SMILES string of the molecule is [2H]C([2H])(O[P@@](=O)(C[C@@H](C)C(=O)OC(C)C)Oc1ccccc1)[C@H]1O[C@@H](n2cc(F)c(=O)[nH]c2=O)C(N)(C#CCF)[C@H]1O.[2H]C([2H])(O[P@@](=O)(C[C@@H](C)C(=O)OC(C)C)Oc1ccccc1)[C@H]1O[C@@H](n2cnc(=O)[nH]c2=O)C(N)(C#CCF)[C@H]1O.[2H]C([2H])(O[P@@](=O)(C[C@@H](C)C(=O)OC(C)C)Oc1ccccc1)[C@H]1O[C@@H](n2ncc(=O)[nH]c2=O)C(N)(C#CCF)[C@H]1O. The average Bonchev–Trinajstić information content (AvgIpc) is 1.79.